The summed E-state index contributed by atoms with van der Waals surface area (Å²) in [5, 5.41) is 23.4. The van der Waals surface area contributed by atoms with E-state index in [1.165, 1.54) is 22.5 Å². The van der Waals surface area contributed by atoms with Crippen LogP contribution in [0.4, 0.5) is 0 Å². The van der Waals surface area contributed by atoms with Crippen molar-refractivity contribution in [2.45, 2.75) is 38.8 Å². The first-order valence-corrected chi connectivity index (χ1v) is 11.8. The van der Waals surface area contributed by atoms with Gasteiger partial charge in [-0.05, 0) is 56.0 Å². The first-order valence-electron chi connectivity index (χ1n) is 11.0. The summed E-state index contributed by atoms with van der Waals surface area (Å²) in [6.07, 6.45) is 1.87. The molecular weight excluding hydrogens is 434 g/mol. The van der Waals surface area contributed by atoms with Crippen molar-refractivity contribution in [3.05, 3.63) is 53.1 Å². The standard InChI is InChI=1S/C25H27N5O2S/c1-15(2)32-22-11-8-16(12-17(22)13-26)24-28-29-25(33-24)20-7-5-6-19-18(20)9-10-21(19)27-14-23(31)30(3)4/h5-8,11-12,15,21,27H,9-10,14H2,1-4H3. The number of hydrogen-bond acceptors (Lipinski definition) is 7. The fraction of sp³-hybridized carbons (Fsp3) is 0.360. The van der Waals surface area contributed by atoms with Gasteiger partial charge in [-0.25, -0.2) is 0 Å². The first-order chi connectivity index (χ1) is 15.9. The molecule has 1 unspecified atom stereocenters. The number of rotatable bonds is 7. The highest BCUT2D eigenvalue weighted by Gasteiger charge is 2.26. The van der Waals surface area contributed by atoms with Gasteiger partial charge in [0.05, 0.1) is 18.2 Å². The largest absolute Gasteiger partial charge is 0.490 e. The van der Waals surface area contributed by atoms with Gasteiger partial charge in [-0.3, -0.25) is 4.79 Å². The SMILES string of the molecule is CC(C)Oc1ccc(-c2nnc(-c3cccc4c3CCC4NCC(=O)N(C)C)s2)cc1C#N. The zero-order valence-corrected chi connectivity index (χ0v) is 20.1. The first kappa shape index (κ1) is 22.9. The summed E-state index contributed by atoms with van der Waals surface area (Å²) in [6.45, 7) is 4.19. The number of carbonyl (C=O) groups is 1. The van der Waals surface area contributed by atoms with Crippen LogP contribution in [-0.4, -0.2) is 47.7 Å². The summed E-state index contributed by atoms with van der Waals surface area (Å²) in [6, 6.07) is 14.1. The van der Waals surface area contributed by atoms with Crippen LogP contribution in [0.15, 0.2) is 36.4 Å². The Morgan fingerprint density at radius 2 is 2.06 bits per heavy atom. The minimum Gasteiger partial charge on any atom is -0.490 e. The number of ether oxygens (including phenoxy) is 1. The number of benzene rings is 2. The van der Waals surface area contributed by atoms with Crippen molar-refractivity contribution in [2.24, 2.45) is 0 Å². The van der Waals surface area contributed by atoms with E-state index < -0.39 is 0 Å². The number of carbonyl (C=O) groups excluding carboxylic acids is 1. The average Bonchev–Trinajstić information content (AvgIpc) is 3.44. The van der Waals surface area contributed by atoms with Crippen molar-refractivity contribution in [1.29, 1.82) is 5.26 Å². The maximum Gasteiger partial charge on any atom is 0.236 e. The van der Waals surface area contributed by atoms with Crippen LogP contribution in [0.3, 0.4) is 0 Å². The molecule has 7 nitrogen and oxygen atoms in total. The highest BCUT2D eigenvalue weighted by atomic mass is 32.1. The van der Waals surface area contributed by atoms with E-state index in [-0.39, 0.29) is 18.1 Å². The van der Waals surface area contributed by atoms with Gasteiger partial charge in [0, 0.05) is 31.3 Å². The van der Waals surface area contributed by atoms with E-state index in [1.807, 2.05) is 32.0 Å². The minimum absolute atomic E-state index is 0.00410. The van der Waals surface area contributed by atoms with E-state index in [9.17, 15) is 10.1 Å². The third kappa shape index (κ3) is 4.90. The second kappa shape index (κ2) is 9.69. The molecule has 170 valence electrons. The molecular formula is C25H27N5O2S. The number of fused-ring (bicyclic) bond motifs is 1. The maximum atomic E-state index is 12.0. The van der Waals surface area contributed by atoms with Crippen molar-refractivity contribution in [3.8, 4) is 33.0 Å². The lowest BCUT2D eigenvalue weighted by molar-refractivity contribution is -0.127. The molecule has 1 atom stereocenters. The van der Waals surface area contributed by atoms with Crippen LogP contribution < -0.4 is 10.1 Å². The van der Waals surface area contributed by atoms with Crippen molar-refractivity contribution >= 4 is 17.2 Å². The fourth-order valence-corrected chi connectivity index (χ4v) is 4.88. The van der Waals surface area contributed by atoms with E-state index >= 15 is 0 Å². The van der Waals surface area contributed by atoms with E-state index in [0.29, 0.717) is 17.9 Å². The van der Waals surface area contributed by atoms with Crippen molar-refractivity contribution < 1.29 is 9.53 Å². The van der Waals surface area contributed by atoms with Gasteiger partial charge in [0.1, 0.15) is 21.8 Å². The number of aromatic nitrogens is 2. The summed E-state index contributed by atoms with van der Waals surface area (Å²) >= 11 is 1.51. The van der Waals surface area contributed by atoms with Gasteiger partial charge in [0.2, 0.25) is 5.91 Å². The number of nitriles is 1. The van der Waals surface area contributed by atoms with Crippen LogP contribution in [0.5, 0.6) is 5.75 Å². The predicted octanol–water partition coefficient (Wildman–Crippen LogP) is 4.20. The molecule has 0 spiro atoms. The molecule has 1 amide bonds. The molecule has 0 aliphatic heterocycles. The molecule has 1 heterocycles. The van der Waals surface area contributed by atoms with E-state index in [4.69, 9.17) is 4.74 Å². The molecule has 4 rings (SSSR count). The molecule has 0 radical (unpaired) electrons. The average molecular weight is 462 g/mol. The van der Waals surface area contributed by atoms with Gasteiger partial charge in [-0.2, -0.15) is 5.26 Å². The molecule has 2 aromatic carbocycles. The van der Waals surface area contributed by atoms with Crippen molar-refractivity contribution in [1.82, 2.24) is 20.4 Å². The van der Waals surface area contributed by atoms with Gasteiger partial charge in [0.25, 0.3) is 0 Å². The Labute approximate surface area is 198 Å². The van der Waals surface area contributed by atoms with Gasteiger partial charge < -0.3 is 15.0 Å². The quantitative estimate of drug-likeness (QED) is 0.567. The van der Waals surface area contributed by atoms with E-state index in [0.717, 1.165) is 34.0 Å². The lowest BCUT2D eigenvalue weighted by Crippen LogP contribution is -2.34. The number of likely N-dealkylation sites (N-methyl/N-ethyl adjacent to an activating group) is 1. The Morgan fingerprint density at radius 3 is 2.79 bits per heavy atom. The summed E-state index contributed by atoms with van der Waals surface area (Å²) in [5.41, 5.74) is 4.89. The van der Waals surface area contributed by atoms with Crippen molar-refractivity contribution in [3.63, 3.8) is 0 Å². The molecule has 1 aliphatic rings. The fourth-order valence-electron chi connectivity index (χ4n) is 3.99. The second-order valence-corrected chi connectivity index (χ2v) is 9.51. The monoisotopic (exact) mass is 461 g/mol. The van der Waals surface area contributed by atoms with Crippen LogP contribution in [0.25, 0.3) is 21.1 Å². The summed E-state index contributed by atoms with van der Waals surface area (Å²) in [7, 11) is 3.53. The van der Waals surface area contributed by atoms with Gasteiger partial charge in [-0.1, -0.05) is 29.5 Å². The van der Waals surface area contributed by atoms with Crippen LogP contribution >= 0.6 is 11.3 Å². The van der Waals surface area contributed by atoms with Crippen LogP contribution in [0.1, 0.15) is 43.0 Å². The maximum absolute atomic E-state index is 12.0. The molecule has 1 aromatic heterocycles. The number of nitrogens with one attached hydrogen (secondary N) is 1. The van der Waals surface area contributed by atoms with Gasteiger partial charge >= 0.3 is 0 Å². The molecule has 0 saturated carbocycles. The Bertz CT molecular complexity index is 1210. The molecule has 0 saturated heterocycles. The lowest BCUT2D eigenvalue weighted by Gasteiger charge is -2.16. The van der Waals surface area contributed by atoms with Gasteiger partial charge in [-0.15, -0.1) is 10.2 Å². The normalized spacial score (nSPS) is 14.7. The van der Waals surface area contributed by atoms with Crippen LogP contribution in [0, 0.1) is 11.3 Å². The smallest absolute Gasteiger partial charge is 0.236 e. The lowest BCUT2D eigenvalue weighted by atomic mass is 10.0. The topological polar surface area (TPSA) is 91.1 Å². The molecule has 1 N–H and O–H groups in total. The highest BCUT2D eigenvalue weighted by Crippen LogP contribution is 2.40. The van der Waals surface area contributed by atoms with Crippen molar-refractivity contribution in [2.75, 3.05) is 20.6 Å². The third-order valence-electron chi connectivity index (χ3n) is 5.63. The Balaban J connectivity index is 1.58. The Hall–Kier alpha value is -3.28. The molecule has 8 heteroatoms. The number of hydrogen-bond donors (Lipinski definition) is 1. The van der Waals surface area contributed by atoms with Crippen LogP contribution in [0.2, 0.25) is 0 Å². The van der Waals surface area contributed by atoms with E-state index in [2.05, 4.69) is 33.7 Å². The molecule has 0 fully saturated rings. The minimum atomic E-state index is -0.00410. The predicted molar refractivity (Wildman–Crippen MR) is 129 cm³/mol. The molecule has 1 aliphatic carbocycles. The molecule has 0 bridgehead atoms. The number of nitrogens with zero attached hydrogens (tertiary/aromatic N) is 4. The van der Waals surface area contributed by atoms with Gasteiger partial charge in [0.15, 0.2) is 0 Å². The molecule has 33 heavy (non-hydrogen) atoms. The summed E-state index contributed by atoms with van der Waals surface area (Å²) in [5.74, 6) is 0.642. The number of amides is 1. The Kier molecular flexibility index (Phi) is 6.72. The second-order valence-electron chi connectivity index (χ2n) is 8.54. The highest BCUT2D eigenvalue weighted by molar-refractivity contribution is 7.17. The zero-order chi connectivity index (χ0) is 23.5. The molecule has 3 aromatic rings. The van der Waals surface area contributed by atoms with E-state index in [1.54, 1.807) is 25.1 Å². The Morgan fingerprint density at radius 1 is 1.27 bits per heavy atom. The summed E-state index contributed by atoms with van der Waals surface area (Å²) < 4.78 is 5.72. The third-order valence-corrected chi connectivity index (χ3v) is 6.64. The van der Waals surface area contributed by atoms with Crippen LogP contribution in [-0.2, 0) is 11.2 Å². The summed E-state index contributed by atoms with van der Waals surface area (Å²) in [4.78, 5) is 13.6. The zero-order valence-electron chi connectivity index (χ0n) is 19.3.